The normalized spacial score (nSPS) is 13.0. The molecule has 0 fully saturated rings. The minimum atomic E-state index is -1.08. The van der Waals surface area contributed by atoms with Crippen LogP contribution in [0.5, 0.6) is 5.75 Å². The summed E-state index contributed by atoms with van der Waals surface area (Å²) in [5.74, 6) is 0.173. The van der Waals surface area contributed by atoms with Crippen LogP contribution < -0.4 is 4.74 Å². The van der Waals surface area contributed by atoms with Gasteiger partial charge in [0.1, 0.15) is 11.5 Å². The molecule has 4 heteroatoms. The highest BCUT2D eigenvalue weighted by Crippen LogP contribution is 2.36. The first kappa shape index (κ1) is 16.1. The molecule has 0 spiro atoms. The van der Waals surface area contributed by atoms with Crippen molar-refractivity contribution in [1.29, 1.82) is 0 Å². The molecule has 1 aromatic heterocycles. The molecule has 1 heterocycles. The Kier molecular flexibility index (Phi) is 4.31. The number of aromatic carboxylic acids is 1. The fourth-order valence-corrected chi connectivity index (χ4v) is 2.32. The molecule has 2 aromatic rings. The van der Waals surface area contributed by atoms with Crippen LogP contribution in [0.2, 0.25) is 0 Å². The molecule has 1 unspecified atom stereocenters. The number of benzene rings is 1. The van der Waals surface area contributed by atoms with Crippen molar-refractivity contribution >= 4 is 5.97 Å². The Morgan fingerprint density at radius 1 is 1.23 bits per heavy atom. The SMILES string of the molecule is Cc1cccc(C(C)(C)C)c1OC(C)c1ccc(C(=O)O)o1. The fraction of sp³-hybridized carbons (Fsp3) is 0.389. The first-order valence-corrected chi connectivity index (χ1v) is 7.30. The van der Waals surface area contributed by atoms with Crippen LogP contribution in [0.15, 0.2) is 34.7 Å². The summed E-state index contributed by atoms with van der Waals surface area (Å²) in [6, 6.07) is 9.16. The highest BCUT2D eigenvalue weighted by atomic mass is 16.5. The average molecular weight is 302 g/mol. The van der Waals surface area contributed by atoms with Gasteiger partial charge >= 0.3 is 5.97 Å². The van der Waals surface area contributed by atoms with E-state index in [1.807, 2.05) is 26.0 Å². The van der Waals surface area contributed by atoms with Crippen LogP contribution in [0.1, 0.15) is 61.2 Å². The summed E-state index contributed by atoms with van der Waals surface area (Å²) >= 11 is 0. The fourth-order valence-electron chi connectivity index (χ4n) is 2.32. The first-order valence-electron chi connectivity index (χ1n) is 7.30. The van der Waals surface area contributed by atoms with Crippen LogP contribution in [-0.2, 0) is 5.41 Å². The van der Waals surface area contributed by atoms with Gasteiger partial charge in [-0.25, -0.2) is 4.79 Å². The van der Waals surface area contributed by atoms with Crippen molar-refractivity contribution in [2.45, 2.75) is 46.1 Å². The lowest BCUT2D eigenvalue weighted by molar-refractivity contribution is 0.0655. The lowest BCUT2D eigenvalue weighted by atomic mass is 9.85. The lowest BCUT2D eigenvalue weighted by Gasteiger charge is -2.25. The van der Waals surface area contributed by atoms with E-state index in [0.29, 0.717) is 5.76 Å². The van der Waals surface area contributed by atoms with Gasteiger partial charge in [0.2, 0.25) is 5.76 Å². The lowest BCUT2D eigenvalue weighted by Crippen LogP contribution is -2.15. The second kappa shape index (κ2) is 5.87. The zero-order chi connectivity index (χ0) is 16.5. The summed E-state index contributed by atoms with van der Waals surface area (Å²) in [6.07, 6.45) is -0.365. The van der Waals surface area contributed by atoms with Gasteiger partial charge < -0.3 is 14.3 Å². The average Bonchev–Trinajstić information content (AvgIpc) is 2.89. The van der Waals surface area contributed by atoms with Crippen LogP contribution in [0.4, 0.5) is 0 Å². The Bertz CT molecular complexity index is 677. The second-order valence-corrected chi connectivity index (χ2v) is 6.47. The van der Waals surface area contributed by atoms with Crippen molar-refractivity contribution in [3.8, 4) is 5.75 Å². The van der Waals surface area contributed by atoms with Crippen LogP contribution in [0.3, 0.4) is 0 Å². The summed E-state index contributed by atoms with van der Waals surface area (Å²) in [6.45, 7) is 10.3. The molecule has 0 radical (unpaired) electrons. The number of carboxylic acid groups (broad SMARTS) is 1. The number of hydrogen-bond donors (Lipinski definition) is 1. The Morgan fingerprint density at radius 3 is 2.45 bits per heavy atom. The quantitative estimate of drug-likeness (QED) is 0.887. The van der Waals surface area contributed by atoms with Crippen molar-refractivity contribution in [2.75, 3.05) is 0 Å². The van der Waals surface area contributed by atoms with Gasteiger partial charge in [-0.05, 0) is 42.5 Å². The largest absolute Gasteiger partial charge is 0.482 e. The Hall–Kier alpha value is -2.23. The summed E-state index contributed by atoms with van der Waals surface area (Å²) in [5.41, 5.74) is 2.12. The Morgan fingerprint density at radius 2 is 1.91 bits per heavy atom. The van der Waals surface area contributed by atoms with Gasteiger partial charge in [0.15, 0.2) is 6.10 Å². The van der Waals surface area contributed by atoms with E-state index < -0.39 is 5.97 Å². The maximum atomic E-state index is 10.9. The maximum Gasteiger partial charge on any atom is 0.371 e. The topological polar surface area (TPSA) is 59.7 Å². The van der Waals surface area contributed by atoms with E-state index >= 15 is 0 Å². The summed E-state index contributed by atoms with van der Waals surface area (Å²) < 4.78 is 11.4. The Labute approximate surface area is 130 Å². The molecule has 4 nitrogen and oxygen atoms in total. The van der Waals surface area contributed by atoms with Crippen molar-refractivity contribution < 1.29 is 19.1 Å². The highest BCUT2D eigenvalue weighted by molar-refractivity contribution is 5.84. The summed E-state index contributed by atoms with van der Waals surface area (Å²) in [7, 11) is 0. The van der Waals surface area contributed by atoms with Gasteiger partial charge in [-0.1, -0.05) is 39.0 Å². The van der Waals surface area contributed by atoms with Crippen LogP contribution in [-0.4, -0.2) is 11.1 Å². The maximum absolute atomic E-state index is 10.9. The van der Waals surface area contributed by atoms with E-state index in [2.05, 4.69) is 26.8 Å². The minimum Gasteiger partial charge on any atom is -0.482 e. The minimum absolute atomic E-state index is 0.0452. The molecule has 0 aliphatic rings. The van der Waals surface area contributed by atoms with E-state index in [-0.39, 0.29) is 17.3 Å². The standard InChI is InChI=1S/C18H22O4/c1-11-7-6-8-13(18(3,4)5)16(11)21-12(2)14-9-10-15(22-14)17(19)20/h6-10,12H,1-5H3,(H,19,20). The van der Waals surface area contributed by atoms with Crippen molar-refractivity contribution in [3.63, 3.8) is 0 Å². The number of furan rings is 1. The predicted octanol–water partition coefficient (Wildman–Crippen LogP) is 4.72. The molecule has 0 saturated heterocycles. The molecule has 0 bridgehead atoms. The van der Waals surface area contributed by atoms with Crippen LogP contribution >= 0.6 is 0 Å². The number of para-hydroxylation sites is 1. The van der Waals surface area contributed by atoms with E-state index in [1.165, 1.54) is 6.07 Å². The zero-order valence-electron chi connectivity index (χ0n) is 13.6. The molecule has 22 heavy (non-hydrogen) atoms. The molecule has 0 aliphatic heterocycles. The van der Waals surface area contributed by atoms with Crippen molar-refractivity contribution in [2.24, 2.45) is 0 Å². The monoisotopic (exact) mass is 302 g/mol. The molecule has 0 amide bonds. The van der Waals surface area contributed by atoms with Gasteiger partial charge in [0.25, 0.3) is 0 Å². The molecule has 1 atom stereocenters. The van der Waals surface area contributed by atoms with Gasteiger partial charge in [-0.15, -0.1) is 0 Å². The molecular formula is C18H22O4. The highest BCUT2D eigenvalue weighted by Gasteiger charge is 2.23. The molecule has 2 rings (SSSR count). The molecule has 0 aliphatic carbocycles. The first-order chi connectivity index (χ1) is 10.2. The number of hydrogen-bond acceptors (Lipinski definition) is 3. The summed E-state index contributed by atoms with van der Waals surface area (Å²) in [4.78, 5) is 10.9. The molecule has 0 saturated carbocycles. The third-order valence-corrected chi connectivity index (χ3v) is 3.55. The van der Waals surface area contributed by atoms with Crippen LogP contribution in [0.25, 0.3) is 0 Å². The van der Waals surface area contributed by atoms with E-state index in [1.54, 1.807) is 6.07 Å². The number of carbonyl (C=O) groups is 1. The molecular weight excluding hydrogens is 280 g/mol. The molecule has 1 N–H and O–H groups in total. The third-order valence-electron chi connectivity index (χ3n) is 3.55. The Balaban J connectivity index is 2.31. The van der Waals surface area contributed by atoms with Crippen molar-refractivity contribution in [1.82, 2.24) is 0 Å². The van der Waals surface area contributed by atoms with E-state index in [4.69, 9.17) is 14.3 Å². The third kappa shape index (κ3) is 3.32. The number of rotatable bonds is 4. The molecule has 1 aromatic carbocycles. The summed E-state index contributed by atoms with van der Waals surface area (Å²) in [5, 5.41) is 8.93. The zero-order valence-corrected chi connectivity index (χ0v) is 13.6. The number of aryl methyl sites for hydroxylation is 1. The van der Waals surface area contributed by atoms with Gasteiger partial charge in [-0.3, -0.25) is 0 Å². The smallest absolute Gasteiger partial charge is 0.371 e. The number of ether oxygens (including phenoxy) is 1. The van der Waals surface area contributed by atoms with Gasteiger partial charge in [0, 0.05) is 0 Å². The van der Waals surface area contributed by atoms with Crippen molar-refractivity contribution in [3.05, 3.63) is 53.0 Å². The van der Waals surface area contributed by atoms with Crippen LogP contribution in [0, 0.1) is 6.92 Å². The predicted molar refractivity (Wildman–Crippen MR) is 84.6 cm³/mol. The van der Waals surface area contributed by atoms with Gasteiger partial charge in [-0.2, -0.15) is 0 Å². The second-order valence-electron chi connectivity index (χ2n) is 6.47. The number of carboxylic acids is 1. The van der Waals surface area contributed by atoms with Gasteiger partial charge in [0.05, 0.1) is 0 Å². The van der Waals surface area contributed by atoms with E-state index in [0.717, 1.165) is 16.9 Å². The molecule has 118 valence electrons. The van der Waals surface area contributed by atoms with E-state index in [9.17, 15) is 4.79 Å².